The molecule has 0 radical (unpaired) electrons. The van der Waals surface area contributed by atoms with Gasteiger partial charge in [0.15, 0.2) is 0 Å². The molecule has 1 saturated heterocycles. The summed E-state index contributed by atoms with van der Waals surface area (Å²) in [6, 6.07) is 9.34. The fourth-order valence-corrected chi connectivity index (χ4v) is 3.43. The lowest BCUT2D eigenvalue weighted by atomic mass is 9.88. The lowest BCUT2D eigenvalue weighted by Crippen LogP contribution is -2.46. The van der Waals surface area contributed by atoms with Crippen LogP contribution in [0.1, 0.15) is 45.1 Å². The van der Waals surface area contributed by atoms with Gasteiger partial charge in [-0.25, -0.2) is 4.79 Å². The molecule has 6 heteroatoms. The molecule has 0 aromatic heterocycles. The van der Waals surface area contributed by atoms with Crippen LogP contribution in [-0.4, -0.2) is 41.9 Å². The van der Waals surface area contributed by atoms with Crippen molar-refractivity contribution in [1.82, 2.24) is 10.6 Å². The minimum Gasteiger partial charge on any atom is -0.481 e. The second-order valence-electron chi connectivity index (χ2n) is 7.64. The number of nitrogens with one attached hydrogen (secondary N) is 2. The molecule has 1 aliphatic heterocycles. The van der Waals surface area contributed by atoms with E-state index in [1.54, 1.807) is 0 Å². The van der Waals surface area contributed by atoms with Gasteiger partial charge in [0.1, 0.15) is 0 Å². The summed E-state index contributed by atoms with van der Waals surface area (Å²) in [5, 5.41) is 14.8. The van der Waals surface area contributed by atoms with Crippen molar-refractivity contribution in [2.75, 3.05) is 13.2 Å². The van der Waals surface area contributed by atoms with E-state index in [0.29, 0.717) is 25.3 Å². The standard InChI is InChI=1S/C20H30N2O4/c1-20(2)13-16(10-11-26-20)14-21-19(25)22-17(8-9-18(23)24)12-15-6-4-3-5-7-15/h3-7,16-17H,8-14H2,1-2H3,(H,23,24)(H2,21,22,25). The third-order valence-corrected chi connectivity index (χ3v) is 4.72. The number of carboxylic acids is 1. The van der Waals surface area contributed by atoms with Gasteiger partial charge in [0.2, 0.25) is 0 Å². The average molecular weight is 362 g/mol. The largest absolute Gasteiger partial charge is 0.481 e. The fourth-order valence-electron chi connectivity index (χ4n) is 3.43. The van der Waals surface area contributed by atoms with Crippen LogP contribution in [0.15, 0.2) is 30.3 Å². The summed E-state index contributed by atoms with van der Waals surface area (Å²) in [5.41, 5.74) is 0.938. The van der Waals surface area contributed by atoms with Crippen molar-refractivity contribution in [3.63, 3.8) is 0 Å². The number of hydrogen-bond acceptors (Lipinski definition) is 3. The molecule has 0 saturated carbocycles. The minimum absolute atomic E-state index is 0.0337. The number of urea groups is 1. The number of amides is 2. The molecule has 2 unspecified atom stereocenters. The van der Waals surface area contributed by atoms with E-state index < -0.39 is 5.97 Å². The predicted octanol–water partition coefficient (Wildman–Crippen LogP) is 2.97. The SMILES string of the molecule is CC1(C)CC(CNC(=O)NC(CCC(=O)O)Cc2ccccc2)CCO1. The molecule has 0 bridgehead atoms. The molecule has 1 aromatic carbocycles. The normalized spacial score (nSPS) is 20.2. The second-order valence-corrected chi connectivity index (χ2v) is 7.64. The van der Waals surface area contributed by atoms with Gasteiger partial charge in [-0.2, -0.15) is 0 Å². The van der Waals surface area contributed by atoms with E-state index in [2.05, 4.69) is 24.5 Å². The number of rotatable bonds is 8. The fraction of sp³-hybridized carbons (Fsp3) is 0.600. The molecule has 26 heavy (non-hydrogen) atoms. The lowest BCUT2D eigenvalue weighted by Gasteiger charge is -2.35. The molecule has 3 N–H and O–H groups in total. The van der Waals surface area contributed by atoms with Crippen LogP contribution in [0.4, 0.5) is 4.79 Å². The first-order valence-corrected chi connectivity index (χ1v) is 9.28. The molecule has 2 rings (SSSR count). The maximum absolute atomic E-state index is 12.3. The third kappa shape index (κ3) is 7.44. The van der Waals surface area contributed by atoms with Gasteiger partial charge in [0, 0.05) is 25.6 Å². The van der Waals surface area contributed by atoms with Gasteiger partial charge >= 0.3 is 12.0 Å². The lowest BCUT2D eigenvalue weighted by molar-refractivity contribution is -0.137. The van der Waals surface area contributed by atoms with E-state index in [1.807, 2.05) is 30.3 Å². The molecule has 1 fully saturated rings. The van der Waals surface area contributed by atoms with Crippen molar-refractivity contribution in [2.45, 2.75) is 57.6 Å². The number of hydrogen-bond donors (Lipinski definition) is 3. The van der Waals surface area contributed by atoms with E-state index in [4.69, 9.17) is 9.84 Å². The zero-order valence-electron chi connectivity index (χ0n) is 15.7. The van der Waals surface area contributed by atoms with Crippen LogP contribution in [0, 0.1) is 5.92 Å². The van der Waals surface area contributed by atoms with E-state index >= 15 is 0 Å². The Labute approximate surface area is 155 Å². The molecule has 2 atom stereocenters. The van der Waals surface area contributed by atoms with Crippen LogP contribution in [-0.2, 0) is 16.0 Å². The monoisotopic (exact) mass is 362 g/mol. The quantitative estimate of drug-likeness (QED) is 0.663. The number of ether oxygens (including phenoxy) is 1. The van der Waals surface area contributed by atoms with Gasteiger partial charge in [0.25, 0.3) is 0 Å². The molecule has 1 aromatic rings. The van der Waals surface area contributed by atoms with Crippen LogP contribution in [0.5, 0.6) is 0 Å². The first-order chi connectivity index (χ1) is 12.3. The van der Waals surface area contributed by atoms with Crippen LogP contribution < -0.4 is 10.6 Å². The van der Waals surface area contributed by atoms with Gasteiger partial charge < -0.3 is 20.5 Å². The summed E-state index contributed by atoms with van der Waals surface area (Å²) >= 11 is 0. The topological polar surface area (TPSA) is 87.7 Å². The van der Waals surface area contributed by atoms with Crippen molar-refractivity contribution in [3.05, 3.63) is 35.9 Å². The third-order valence-electron chi connectivity index (χ3n) is 4.72. The van der Waals surface area contributed by atoms with Gasteiger partial charge in [-0.1, -0.05) is 30.3 Å². The van der Waals surface area contributed by atoms with Crippen molar-refractivity contribution in [2.24, 2.45) is 5.92 Å². The molecular formula is C20H30N2O4. The first-order valence-electron chi connectivity index (χ1n) is 9.28. The summed E-state index contributed by atoms with van der Waals surface area (Å²) < 4.78 is 5.70. The Balaban J connectivity index is 1.83. The molecular weight excluding hydrogens is 332 g/mol. The van der Waals surface area contributed by atoms with Crippen molar-refractivity contribution < 1.29 is 19.4 Å². The highest BCUT2D eigenvalue weighted by Crippen LogP contribution is 2.27. The summed E-state index contributed by atoms with van der Waals surface area (Å²) in [5.74, 6) is -0.453. The smallest absolute Gasteiger partial charge is 0.315 e. The van der Waals surface area contributed by atoms with Crippen LogP contribution in [0.2, 0.25) is 0 Å². The zero-order chi connectivity index (χ0) is 19.0. The average Bonchev–Trinajstić information content (AvgIpc) is 2.58. The van der Waals surface area contributed by atoms with E-state index in [9.17, 15) is 9.59 Å². The summed E-state index contributed by atoms with van der Waals surface area (Å²) in [6.07, 6.45) is 2.91. The van der Waals surface area contributed by atoms with Crippen LogP contribution in [0.3, 0.4) is 0 Å². The Morgan fingerprint density at radius 2 is 2.04 bits per heavy atom. The highest BCUT2D eigenvalue weighted by atomic mass is 16.5. The molecule has 0 spiro atoms. The Hall–Kier alpha value is -2.08. The predicted molar refractivity (Wildman–Crippen MR) is 100 cm³/mol. The van der Waals surface area contributed by atoms with Crippen molar-refractivity contribution in [3.8, 4) is 0 Å². The molecule has 1 aliphatic rings. The van der Waals surface area contributed by atoms with E-state index in [1.165, 1.54) is 0 Å². The molecule has 0 aliphatic carbocycles. The second kappa shape index (κ2) is 9.57. The zero-order valence-corrected chi connectivity index (χ0v) is 15.7. The van der Waals surface area contributed by atoms with Gasteiger partial charge in [0.05, 0.1) is 5.60 Å². The summed E-state index contributed by atoms with van der Waals surface area (Å²) in [7, 11) is 0. The number of carbonyl (C=O) groups excluding carboxylic acids is 1. The van der Waals surface area contributed by atoms with E-state index in [0.717, 1.165) is 25.0 Å². The summed E-state index contributed by atoms with van der Waals surface area (Å²) in [4.78, 5) is 23.2. The number of aliphatic carboxylic acids is 1. The van der Waals surface area contributed by atoms with Crippen molar-refractivity contribution >= 4 is 12.0 Å². The molecule has 2 amide bonds. The Morgan fingerprint density at radius 1 is 1.31 bits per heavy atom. The van der Waals surface area contributed by atoms with Crippen LogP contribution >= 0.6 is 0 Å². The highest BCUT2D eigenvalue weighted by molar-refractivity contribution is 5.74. The number of carboxylic acid groups (broad SMARTS) is 1. The highest BCUT2D eigenvalue weighted by Gasteiger charge is 2.29. The Bertz CT molecular complexity index is 589. The first kappa shape index (κ1) is 20.2. The van der Waals surface area contributed by atoms with Crippen molar-refractivity contribution in [1.29, 1.82) is 0 Å². The maximum atomic E-state index is 12.3. The van der Waals surface area contributed by atoms with Gasteiger partial charge in [-0.15, -0.1) is 0 Å². The van der Waals surface area contributed by atoms with Gasteiger partial charge in [-0.05, 0) is 51.0 Å². The summed E-state index contributed by atoms with van der Waals surface area (Å²) in [6.45, 7) is 5.47. The van der Waals surface area contributed by atoms with Gasteiger partial charge in [-0.3, -0.25) is 4.79 Å². The van der Waals surface area contributed by atoms with E-state index in [-0.39, 0.29) is 24.1 Å². The minimum atomic E-state index is -0.852. The Kier molecular flexibility index (Phi) is 7.45. The molecule has 6 nitrogen and oxygen atoms in total. The number of carbonyl (C=O) groups is 2. The molecule has 1 heterocycles. The Morgan fingerprint density at radius 3 is 2.69 bits per heavy atom. The molecule has 144 valence electrons. The maximum Gasteiger partial charge on any atom is 0.315 e. The number of benzene rings is 1. The van der Waals surface area contributed by atoms with Crippen LogP contribution in [0.25, 0.3) is 0 Å².